The molecule has 2 aromatic carbocycles. The summed E-state index contributed by atoms with van der Waals surface area (Å²) in [4.78, 5) is 12.0. The van der Waals surface area contributed by atoms with E-state index in [1.807, 2.05) is 32.0 Å². The Hall–Kier alpha value is -2.07. The van der Waals surface area contributed by atoms with E-state index in [-0.39, 0.29) is 17.5 Å². The SMILES string of the molecule is CCO[C@H]1Oc2c(c(C(C)=O)c(O)c3ccccc23)[C@@H]1C. The van der Waals surface area contributed by atoms with E-state index in [4.69, 9.17) is 9.47 Å². The number of ether oxygens (including phenoxy) is 2. The predicted octanol–water partition coefficient (Wildman–Crippen LogP) is 3.61. The van der Waals surface area contributed by atoms with E-state index < -0.39 is 6.29 Å². The second kappa shape index (κ2) is 5.04. The van der Waals surface area contributed by atoms with Crippen molar-refractivity contribution in [3.8, 4) is 11.5 Å². The van der Waals surface area contributed by atoms with Crippen molar-refractivity contribution < 1.29 is 19.4 Å². The van der Waals surface area contributed by atoms with Crippen molar-refractivity contribution in [2.24, 2.45) is 0 Å². The number of hydrogen-bond acceptors (Lipinski definition) is 4. The van der Waals surface area contributed by atoms with E-state index >= 15 is 0 Å². The molecule has 0 spiro atoms. The third-order valence-corrected chi connectivity index (χ3v) is 3.96. The molecule has 1 N–H and O–H groups in total. The first-order valence-electron chi connectivity index (χ1n) is 7.13. The van der Waals surface area contributed by atoms with Gasteiger partial charge in [-0.3, -0.25) is 4.79 Å². The van der Waals surface area contributed by atoms with Gasteiger partial charge in [0.1, 0.15) is 11.5 Å². The Morgan fingerprint density at radius 3 is 2.62 bits per heavy atom. The average molecular weight is 286 g/mol. The molecular formula is C17H18O4. The van der Waals surface area contributed by atoms with Crippen LogP contribution in [0.1, 0.15) is 42.6 Å². The van der Waals surface area contributed by atoms with E-state index in [0.717, 1.165) is 10.9 Å². The molecule has 0 saturated heterocycles. The van der Waals surface area contributed by atoms with Gasteiger partial charge >= 0.3 is 0 Å². The molecular weight excluding hydrogens is 268 g/mol. The van der Waals surface area contributed by atoms with Gasteiger partial charge in [0.25, 0.3) is 0 Å². The van der Waals surface area contributed by atoms with Gasteiger partial charge in [0.15, 0.2) is 5.78 Å². The zero-order valence-corrected chi connectivity index (χ0v) is 12.3. The van der Waals surface area contributed by atoms with Crippen LogP contribution in [0, 0.1) is 0 Å². The van der Waals surface area contributed by atoms with Crippen LogP contribution in [0.3, 0.4) is 0 Å². The summed E-state index contributed by atoms with van der Waals surface area (Å²) in [6, 6.07) is 7.40. The lowest BCUT2D eigenvalue weighted by Gasteiger charge is -2.15. The van der Waals surface area contributed by atoms with Crippen LogP contribution in [0.15, 0.2) is 24.3 Å². The number of benzene rings is 2. The van der Waals surface area contributed by atoms with Gasteiger partial charge in [-0.25, -0.2) is 0 Å². The van der Waals surface area contributed by atoms with Gasteiger partial charge < -0.3 is 14.6 Å². The molecule has 0 aliphatic carbocycles. The minimum atomic E-state index is -0.423. The van der Waals surface area contributed by atoms with E-state index in [1.165, 1.54) is 6.92 Å². The molecule has 21 heavy (non-hydrogen) atoms. The molecule has 1 heterocycles. The highest BCUT2D eigenvalue weighted by molar-refractivity contribution is 6.08. The molecule has 4 heteroatoms. The van der Waals surface area contributed by atoms with Crippen LogP contribution in [-0.2, 0) is 4.74 Å². The Kier molecular flexibility index (Phi) is 3.33. The van der Waals surface area contributed by atoms with E-state index in [1.54, 1.807) is 6.07 Å². The Balaban J connectivity index is 2.34. The van der Waals surface area contributed by atoms with Gasteiger partial charge in [0, 0.05) is 28.9 Å². The molecule has 0 radical (unpaired) electrons. The Morgan fingerprint density at radius 1 is 1.33 bits per heavy atom. The van der Waals surface area contributed by atoms with Gasteiger partial charge in [0.2, 0.25) is 6.29 Å². The Labute approximate surface area is 123 Å². The fourth-order valence-electron chi connectivity index (χ4n) is 3.02. The van der Waals surface area contributed by atoms with Crippen molar-refractivity contribution in [3.63, 3.8) is 0 Å². The van der Waals surface area contributed by atoms with Gasteiger partial charge in [-0.05, 0) is 13.8 Å². The molecule has 0 saturated carbocycles. The molecule has 0 fully saturated rings. The van der Waals surface area contributed by atoms with Crippen molar-refractivity contribution in [2.45, 2.75) is 33.0 Å². The summed E-state index contributed by atoms with van der Waals surface area (Å²) in [6.45, 7) is 5.85. The molecule has 0 aromatic heterocycles. The maximum atomic E-state index is 12.0. The zero-order valence-electron chi connectivity index (χ0n) is 12.3. The lowest BCUT2D eigenvalue weighted by molar-refractivity contribution is -0.0728. The molecule has 4 nitrogen and oxygen atoms in total. The summed E-state index contributed by atoms with van der Waals surface area (Å²) in [7, 11) is 0. The van der Waals surface area contributed by atoms with Crippen LogP contribution < -0.4 is 4.74 Å². The lowest BCUT2D eigenvalue weighted by Crippen LogP contribution is -2.21. The highest BCUT2D eigenvalue weighted by atomic mass is 16.7. The number of aromatic hydroxyl groups is 1. The molecule has 110 valence electrons. The molecule has 3 rings (SSSR count). The monoisotopic (exact) mass is 286 g/mol. The minimum absolute atomic E-state index is 0.0319. The molecule has 1 aliphatic heterocycles. The summed E-state index contributed by atoms with van der Waals surface area (Å²) in [5.74, 6) is 0.417. The van der Waals surface area contributed by atoms with Crippen LogP contribution in [0.2, 0.25) is 0 Å². The van der Waals surface area contributed by atoms with Crippen LogP contribution in [0.5, 0.6) is 11.5 Å². The van der Waals surface area contributed by atoms with Gasteiger partial charge in [-0.15, -0.1) is 0 Å². The average Bonchev–Trinajstić information content (AvgIpc) is 2.78. The van der Waals surface area contributed by atoms with Crippen LogP contribution in [0.25, 0.3) is 10.8 Å². The second-order valence-corrected chi connectivity index (χ2v) is 5.30. The van der Waals surface area contributed by atoms with Crippen molar-refractivity contribution >= 4 is 16.6 Å². The number of fused-ring (bicyclic) bond motifs is 3. The number of carbonyl (C=O) groups excluding carboxylic acids is 1. The van der Waals surface area contributed by atoms with E-state index in [2.05, 4.69) is 0 Å². The number of ketones is 1. The predicted molar refractivity (Wildman–Crippen MR) is 80.1 cm³/mol. The molecule has 2 atom stereocenters. The summed E-state index contributed by atoms with van der Waals surface area (Å²) in [5, 5.41) is 11.9. The first-order chi connectivity index (χ1) is 10.1. The highest BCUT2D eigenvalue weighted by Gasteiger charge is 2.38. The molecule has 0 unspecified atom stereocenters. The number of rotatable bonds is 3. The minimum Gasteiger partial charge on any atom is -0.507 e. The number of hydrogen-bond donors (Lipinski definition) is 1. The summed E-state index contributed by atoms with van der Waals surface area (Å²) in [5.41, 5.74) is 1.09. The topological polar surface area (TPSA) is 55.8 Å². The van der Waals surface area contributed by atoms with Crippen molar-refractivity contribution in [1.82, 2.24) is 0 Å². The van der Waals surface area contributed by atoms with E-state index in [9.17, 15) is 9.90 Å². The molecule has 1 aliphatic rings. The standard InChI is InChI=1S/C17H18O4/c1-4-20-17-9(2)13-14(10(3)18)15(19)11-7-5-6-8-12(11)16(13)21-17/h5-9,17,19H,4H2,1-3H3/t9-,17-/m0/s1. The maximum absolute atomic E-state index is 12.0. The van der Waals surface area contributed by atoms with Gasteiger partial charge in [-0.2, -0.15) is 0 Å². The number of carbonyl (C=O) groups is 1. The number of phenols is 1. The number of Topliss-reactive ketones (excluding diaryl/α,β-unsaturated/α-hetero) is 1. The van der Waals surface area contributed by atoms with Crippen LogP contribution >= 0.6 is 0 Å². The summed E-state index contributed by atoms with van der Waals surface area (Å²) in [6.07, 6.45) is -0.423. The maximum Gasteiger partial charge on any atom is 0.206 e. The fraction of sp³-hybridized carbons (Fsp3) is 0.353. The quantitative estimate of drug-likeness (QED) is 0.876. The first-order valence-corrected chi connectivity index (χ1v) is 7.13. The summed E-state index contributed by atoms with van der Waals surface area (Å²) < 4.78 is 11.5. The molecule has 0 bridgehead atoms. The lowest BCUT2D eigenvalue weighted by atomic mass is 9.90. The zero-order chi connectivity index (χ0) is 15.1. The summed E-state index contributed by atoms with van der Waals surface area (Å²) >= 11 is 0. The van der Waals surface area contributed by atoms with Crippen LogP contribution in [0.4, 0.5) is 0 Å². The fourth-order valence-corrected chi connectivity index (χ4v) is 3.02. The van der Waals surface area contributed by atoms with Crippen LogP contribution in [-0.4, -0.2) is 23.8 Å². The highest BCUT2D eigenvalue weighted by Crippen LogP contribution is 2.49. The van der Waals surface area contributed by atoms with Crippen molar-refractivity contribution in [3.05, 3.63) is 35.4 Å². The van der Waals surface area contributed by atoms with E-state index in [0.29, 0.717) is 23.3 Å². The number of phenolic OH excluding ortho intramolecular Hbond substituents is 1. The smallest absolute Gasteiger partial charge is 0.206 e. The van der Waals surface area contributed by atoms with Gasteiger partial charge in [0.05, 0.1) is 5.56 Å². The molecule has 2 aromatic rings. The van der Waals surface area contributed by atoms with Crippen molar-refractivity contribution in [2.75, 3.05) is 6.61 Å². The normalized spacial score (nSPS) is 20.3. The first kappa shape index (κ1) is 13.9. The third-order valence-electron chi connectivity index (χ3n) is 3.96. The van der Waals surface area contributed by atoms with Gasteiger partial charge in [-0.1, -0.05) is 31.2 Å². The Morgan fingerprint density at radius 2 is 2.00 bits per heavy atom. The Bertz CT molecular complexity index is 720. The third kappa shape index (κ3) is 1.98. The molecule has 0 amide bonds. The second-order valence-electron chi connectivity index (χ2n) is 5.30. The largest absolute Gasteiger partial charge is 0.507 e. The van der Waals surface area contributed by atoms with Crippen molar-refractivity contribution in [1.29, 1.82) is 0 Å².